The lowest BCUT2D eigenvalue weighted by molar-refractivity contribution is 0.648. The van der Waals surface area contributed by atoms with Gasteiger partial charge in [0.1, 0.15) is 0 Å². The molecule has 0 aromatic rings. The zero-order valence-corrected chi connectivity index (χ0v) is 7.04. The molecule has 0 spiro atoms. The van der Waals surface area contributed by atoms with E-state index in [0.717, 1.165) is 5.92 Å². The molecule has 1 radical (unpaired) electrons. The van der Waals surface area contributed by atoms with Gasteiger partial charge in [-0.3, -0.25) is 0 Å². The topological polar surface area (TPSA) is 0 Å². The molecule has 0 aromatic carbocycles. The first-order chi connectivity index (χ1) is 3.43. The van der Waals surface area contributed by atoms with Gasteiger partial charge in [0, 0.05) is 4.43 Å². The van der Waals surface area contributed by atoms with Crippen molar-refractivity contribution in [3.05, 3.63) is 4.43 Å². The summed E-state index contributed by atoms with van der Waals surface area (Å²) in [7, 11) is 0. The van der Waals surface area contributed by atoms with E-state index in [4.69, 9.17) is 0 Å². The molecule has 0 aliphatic carbocycles. The number of rotatable bonds is 2. The van der Waals surface area contributed by atoms with Crippen LogP contribution in [0.3, 0.4) is 0 Å². The zero-order chi connectivity index (χ0) is 5.11. The molecule has 0 saturated carbocycles. The number of thioether (sulfide) groups is 1. The number of halogens is 1. The van der Waals surface area contributed by atoms with Crippen LogP contribution in [0.15, 0.2) is 0 Å². The van der Waals surface area contributed by atoms with Crippen molar-refractivity contribution in [2.45, 2.75) is 6.42 Å². The summed E-state index contributed by atoms with van der Waals surface area (Å²) in [5.74, 6) is 3.83. The second-order valence-electron chi connectivity index (χ2n) is 1.79. The Bertz CT molecular complexity index is 52.0. The van der Waals surface area contributed by atoms with Crippen LogP contribution in [0.5, 0.6) is 0 Å². The molecule has 0 N–H and O–H groups in total. The molecule has 41 valence electrons. The van der Waals surface area contributed by atoms with Gasteiger partial charge in [-0.1, -0.05) is 22.6 Å². The molecule has 0 nitrogen and oxygen atoms in total. The predicted molar refractivity (Wildman–Crippen MR) is 43.8 cm³/mol. The van der Waals surface area contributed by atoms with E-state index in [-0.39, 0.29) is 0 Å². The summed E-state index contributed by atoms with van der Waals surface area (Å²) in [5, 5.41) is 0. The summed E-state index contributed by atoms with van der Waals surface area (Å²) in [4.78, 5) is 0. The summed E-state index contributed by atoms with van der Waals surface area (Å²) >= 11 is 4.39. The molecular formula is C5H8IS. The lowest BCUT2D eigenvalue weighted by atomic mass is 10.1. The van der Waals surface area contributed by atoms with Crippen LogP contribution >= 0.6 is 34.4 Å². The largest absolute Gasteiger partial charge is 0.161 e. The maximum atomic E-state index is 2.33. The van der Waals surface area contributed by atoms with Crippen molar-refractivity contribution in [1.29, 1.82) is 0 Å². The minimum atomic E-state index is 1.03. The van der Waals surface area contributed by atoms with Gasteiger partial charge < -0.3 is 0 Å². The second kappa shape index (κ2) is 3.17. The van der Waals surface area contributed by atoms with Crippen molar-refractivity contribution in [2.24, 2.45) is 5.92 Å². The van der Waals surface area contributed by atoms with Gasteiger partial charge in [0.05, 0.1) is 0 Å². The zero-order valence-electron chi connectivity index (χ0n) is 4.06. The summed E-state index contributed by atoms with van der Waals surface area (Å²) in [5.41, 5.74) is 0. The Hall–Kier alpha value is 1.08. The van der Waals surface area contributed by atoms with Crippen molar-refractivity contribution in [2.75, 3.05) is 11.5 Å². The Kier molecular flexibility index (Phi) is 2.81. The highest BCUT2D eigenvalue weighted by Crippen LogP contribution is 2.28. The monoisotopic (exact) mass is 227 g/mol. The Morgan fingerprint density at radius 3 is 2.57 bits per heavy atom. The maximum Gasteiger partial charge on any atom is 0.0231 e. The van der Waals surface area contributed by atoms with Crippen LogP contribution in [0, 0.1) is 10.3 Å². The van der Waals surface area contributed by atoms with Gasteiger partial charge >= 0.3 is 0 Å². The predicted octanol–water partition coefficient (Wildman–Crippen LogP) is 2.34. The highest BCUT2D eigenvalue weighted by atomic mass is 127. The van der Waals surface area contributed by atoms with Crippen LogP contribution in [-0.4, -0.2) is 11.5 Å². The van der Waals surface area contributed by atoms with E-state index in [2.05, 4.69) is 38.8 Å². The molecule has 1 fully saturated rings. The van der Waals surface area contributed by atoms with Gasteiger partial charge in [0.2, 0.25) is 0 Å². The molecule has 0 amide bonds. The van der Waals surface area contributed by atoms with E-state index in [0.29, 0.717) is 0 Å². The third kappa shape index (κ3) is 1.80. The Labute approximate surface area is 62.6 Å². The normalized spacial score (nSPS) is 21.9. The molecule has 0 unspecified atom stereocenters. The molecule has 0 bridgehead atoms. The van der Waals surface area contributed by atoms with E-state index in [1.807, 2.05) is 0 Å². The van der Waals surface area contributed by atoms with Crippen molar-refractivity contribution in [1.82, 2.24) is 0 Å². The summed E-state index contributed by atoms with van der Waals surface area (Å²) in [6.07, 6.45) is 1.33. The summed E-state index contributed by atoms with van der Waals surface area (Å²) < 4.78 is 2.24. The van der Waals surface area contributed by atoms with Crippen LogP contribution in [0.2, 0.25) is 0 Å². The van der Waals surface area contributed by atoms with Crippen LogP contribution in [-0.2, 0) is 0 Å². The molecule has 0 atom stereocenters. The van der Waals surface area contributed by atoms with E-state index in [1.165, 1.54) is 17.9 Å². The van der Waals surface area contributed by atoms with Crippen molar-refractivity contribution in [3.8, 4) is 0 Å². The minimum Gasteiger partial charge on any atom is -0.161 e. The Balaban J connectivity index is 1.93. The van der Waals surface area contributed by atoms with Crippen molar-refractivity contribution in [3.63, 3.8) is 0 Å². The first-order valence-electron chi connectivity index (χ1n) is 2.43. The van der Waals surface area contributed by atoms with E-state index in [9.17, 15) is 0 Å². The first kappa shape index (κ1) is 6.20. The quantitative estimate of drug-likeness (QED) is 0.652. The van der Waals surface area contributed by atoms with Gasteiger partial charge in [-0.05, 0) is 23.8 Å². The van der Waals surface area contributed by atoms with Gasteiger partial charge in [0.25, 0.3) is 0 Å². The molecule has 0 aromatic heterocycles. The fourth-order valence-corrected chi connectivity index (χ4v) is 2.11. The lowest BCUT2D eigenvalue weighted by Crippen LogP contribution is -2.16. The fourth-order valence-electron chi connectivity index (χ4n) is 0.547. The van der Waals surface area contributed by atoms with Crippen molar-refractivity contribution < 1.29 is 0 Å². The Morgan fingerprint density at radius 1 is 1.71 bits per heavy atom. The maximum absolute atomic E-state index is 2.33. The third-order valence-corrected chi connectivity index (χ3v) is 3.05. The van der Waals surface area contributed by atoms with Gasteiger partial charge in [-0.2, -0.15) is 11.8 Å². The lowest BCUT2D eigenvalue weighted by Gasteiger charge is -2.23. The molecule has 1 aliphatic rings. The van der Waals surface area contributed by atoms with E-state index < -0.39 is 0 Å². The molecule has 1 rings (SSSR count). The average molecular weight is 227 g/mol. The van der Waals surface area contributed by atoms with Gasteiger partial charge in [-0.15, -0.1) is 0 Å². The summed E-state index contributed by atoms with van der Waals surface area (Å²) in [6.45, 7) is 0. The van der Waals surface area contributed by atoms with Crippen LogP contribution in [0.25, 0.3) is 0 Å². The second-order valence-corrected chi connectivity index (χ2v) is 3.75. The minimum absolute atomic E-state index is 1.03. The highest BCUT2D eigenvalue weighted by molar-refractivity contribution is 14.1. The van der Waals surface area contributed by atoms with Gasteiger partial charge in [-0.25, -0.2) is 0 Å². The number of hydrogen-bond acceptors (Lipinski definition) is 1. The smallest absolute Gasteiger partial charge is 0.0231 e. The van der Waals surface area contributed by atoms with Crippen LogP contribution in [0.1, 0.15) is 6.42 Å². The first-order valence-corrected chi connectivity index (χ1v) is 4.83. The third-order valence-electron chi connectivity index (χ3n) is 1.13. The molecule has 7 heavy (non-hydrogen) atoms. The van der Waals surface area contributed by atoms with Crippen LogP contribution < -0.4 is 0 Å². The van der Waals surface area contributed by atoms with Crippen LogP contribution in [0.4, 0.5) is 0 Å². The molecule has 2 heteroatoms. The van der Waals surface area contributed by atoms with Crippen molar-refractivity contribution >= 4 is 34.4 Å². The average Bonchev–Trinajstić information content (AvgIpc) is 1.55. The standard InChI is InChI=1S/C5H8IS/c6-2-1-5-3-7-4-5/h2,5H,1,3-4H2. The summed E-state index contributed by atoms with van der Waals surface area (Å²) in [6, 6.07) is 0. The molecule has 1 aliphatic heterocycles. The molecular weight excluding hydrogens is 219 g/mol. The Morgan fingerprint density at radius 2 is 2.43 bits per heavy atom. The van der Waals surface area contributed by atoms with E-state index in [1.54, 1.807) is 0 Å². The number of hydrogen-bond donors (Lipinski definition) is 0. The highest BCUT2D eigenvalue weighted by Gasteiger charge is 2.16. The van der Waals surface area contributed by atoms with Gasteiger partial charge in [0.15, 0.2) is 0 Å². The molecule has 1 saturated heterocycles. The van der Waals surface area contributed by atoms with E-state index >= 15 is 0 Å². The fraction of sp³-hybridized carbons (Fsp3) is 0.800. The SMILES string of the molecule is I[CH]CC1CSC1. The molecule has 1 heterocycles.